The molecule has 0 aromatic heterocycles. The maximum absolute atomic E-state index is 11.4. The Morgan fingerprint density at radius 2 is 2.14 bits per heavy atom. The third-order valence-corrected chi connectivity index (χ3v) is 1.68. The van der Waals surface area contributed by atoms with E-state index in [0.717, 1.165) is 5.56 Å². The fraction of sp³-hybridized carbons (Fsp3) is 0.111. The zero-order valence-electron chi connectivity index (χ0n) is 7.70. The lowest BCUT2D eigenvalue weighted by Gasteiger charge is -2.06. The molecule has 1 amide bonds. The fourth-order valence-corrected chi connectivity index (χ4v) is 1.03. The highest BCUT2D eigenvalue weighted by Crippen LogP contribution is 2.02. The zero-order chi connectivity index (χ0) is 10.6. The molecule has 1 rings (SSSR count). The van der Waals surface area contributed by atoms with E-state index in [2.05, 4.69) is 23.1 Å². The van der Waals surface area contributed by atoms with Gasteiger partial charge in [0.1, 0.15) is 0 Å². The maximum Gasteiger partial charge on any atom is 0.269 e. The Bertz CT molecular complexity index is 365. The number of aryl methyl sites for hydroxylation is 1. The molecule has 0 saturated heterocycles. The van der Waals surface area contributed by atoms with Crippen LogP contribution in [0.3, 0.4) is 0 Å². The average Bonchev–Trinajstić information content (AvgIpc) is 2.14. The van der Waals surface area contributed by atoms with Crippen LogP contribution in [0.25, 0.3) is 0 Å². The van der Waals surface area contributed by atoms with Crippen LogP contribution in [0.2, 0.25) is 0 Å². The van der Waals surface area contributed by atoms with Gasteiger partial charge in [0.2, 0.25) is 0 Å². The topological polar surface area (TPSA) is 67.2 Å². The molecule has 0 aliphatic heterocycles. The van der Waals surface area contributed by atoms with E-state index >= 15 is 0 Å². The van der Waals surface area contributed by atoms with Crippen molar-refractivity contribution in [1.82, 2.24) is 10.9 Å². The van der Waals surface area contributed by atoms with Gasteiger partial charge < -0.3 is 5.73 Å². The summed E-state index contributed by atoms with van der Waals surface area (Å²) in [6.07, 6.45) is 0. The Hall–Kier alpha value is -1.62. The third kappa shape index (κ3) is 3.02. The molecule has 1 aromatic carbocycles. The molecule has 14 heavy (non-hydrogen) atoms. The Morgan fingerprint density at radius 3 is 2.71 bits per heavy atom. The number of carbonyl (C=O) groups is 1. The number of nitrogens with one attached hydrogen (secondary N) is 2. The molecule has 0 bridgehead atoms. The molecule has 4 nitrogen and oxygen atoms in total. The minimum absolute atomic E-state index is 0.0333. The van der Waals surface area contributed by atoms with E-state index in [1.54, 1.807) is 12.1 Å². The Labute approximate surface area is 87.5 Å². The number of amides is 1. The lowest BCUT2D eigenvalue weighted by Crippen LogP contribution is -2.44. The summed E-state index contributed by atoms with van der Waals surface area (Å²) in [5.74, 6) is -0.262. The van der Waals surface area contributed by atoms with E-state index in [0.29, 0.717) is 5.56 Å². The molecule has 0 fully saturated rings. The van der Waals surface area contributed by atoms with Crippen LogP contribution in [-0.2, 0) is 0 Å². The molecule has 0 atom stereocenters. The summed E-state index contributed by atoms with van der Waals surface area (Å²) >= 11 is 4.54. The number of benzene rings is 1. The maximum atomic E-state index is 11.4. The van der Waals surface area contributed by atoms with E-state index in [-0.39, 0.29) is 11.0 Å². The number of rotatable bonds is 1. The van der Waals surface area contributed by atoms with Crippen LogP contribution < -0.4 is 16.6 Å². The minimum Gasteiger partial charge on any atom is -0.375 e. The van der Waals surface area contributed by atoms with E-state index < -0.39 is 0 Å². The molecule has 0 unspecified atom stereocenters. The second kappa shape index (κ2) is 4.57. The minimum atomic E-state index is -0.262. The van der Waals surface area contributed by atoms with Crippen molar-refractivity contribution in [2.45, 2.75) is 6.92 Å². The number of carbonyl (C=O) groups excluding carboxylic acids is 1. The number of hydrogen-bond acceptors (Lipinski definition) is 2. The zero-order valence-corrected chi connectivity index (χ0v) is 8.52. The van der Waals surface area contributed by atoms with Crippen LogP contribution >= 0.6 is 12.2 Å². The summed E-state index contributed by atoms with van der Waals surface area (Å²) in [7, 11) is 0. The molecule has 1 aromatic rings. The molecule has 0 radical (unpaired) electrons. The molecular formula is C9H11N3OS. The molecular weight excluding hydrogens is 198 g/mol. The van der Waals surface area contributed by atoms with Gasteiger partial charge in [-0.1, -0.05) is 17.7 Å². The summed E-state index contributed by atoms with van der Waals surface area (Å²) in [4.78, 5) is 11.4. The van der Waals surface area contributed by atoms with Crippen LogP contribution in [0.5, 0.6) is 0 Å². The van der Waals surface area contributed by atoms with Gasteiger partial charge in [-0.2, -0.15) is 0 Å². The Morgan fingerprint density at radius 1 is 1.43 bits per heavy atom. The number of hydrazine groups is 1. The smallest absolute Gasteiger partial charge is 0.269 e. The third-order valence-electron chi connectivity index (χ3n) is 1.58. The predicted octanol–water partition coefficient (Wildman–Crippen LogP) is 0.473. The first-order chi connectivity index (χ1) is 6.59. The lowest BCUT2D eigenvalue weighted by atomic mass is 10.1. The van der Waals surface area contributed by atoms with Crippen LogP contribution in [0.4, 0.5) is 0 Å². The van der Waals surface area contributed by atoms with Crippen LogP contribution in [0.1, 0.15) is 15.9 Å². The Kier molecular flexibility index (Phi) is 3.41. The highest BCUT2D eigenvalue weighted by Gasteiger charge is 2.03. The summed E-state index contributed by atoms with van der Waals surface area (Å²) in [5.41, 5.74) is 11.5. The van der Waals surface area contributed by atoms with Gasteiger partial charge in [0.15, 0.2) is 5.11 Å². The molecule has 4 N–H and O–H groups in total. The number of thiocarbonyl (C=S) groups is 1. The second-order valence-corrected chi connectivity index (χ2v) is 3.25. The van der Waals surface area contributed by atoms with E-state index in [9.17, 15) is 4.79 Å². The molecule has 5 heteroatoms. The van der Waals surface area contributed by atoms with Crippen LogP contribution in [0.15, 0.2) is 24.3 Å². The van der Waals surface area contributed by atoms with E-state index in [1.165, 1.54) is 0 Å². The molecule has 0 heterocycles. The first-order valence-corrected chi connectivity index (χ1v) is 4.43. The van der Waals surface area contributed by atoms with Gasteiger partial charge in [-0.25, -0.2) is 0 Å². The standard InChI is InChI=1S/C9H11N3OS/c1-6-3-2-4-7(5-6)8(13)11-12-9(10)14/h2-5H,1H3,(H,11,13)(H3,10,12,14). The van der Waals surface area contributed by atoms with Crippen molar-refractivity contribution >= 4 is 23.2 Å². The van der Waals surface area contributed by atoms with E-state index in [1.807, 2.05) is 19.1 Å². The molecule has 0 saturated carbocycles. The Balaban J connectivity index is 2.65. The number of hydrogen-bond donors (Lipinski definition) is 3. The van der Waals surface area contributed by atoms with Gasteiger partial charge in [0.25, 0.3) is 5.91 Å². The van der Waals surface area contributed by atoms with Gasteiger partial charge in [0, 0.05) is 5.56 Å². The van der Waals surface area contributed by atoms with Gasteiger partial charge >= 0.3 is 0 Å². The summed E-state index contributed by atoms with van der Waals surface area (Å²) < 4.78 is 0. The summed E-state index contributed by atoms with van der Waals surface area (Å²) in [5, 5.41) is 0.0333. The average molecular weight is 209 g/mol. The SMILES string of the molecule is Cc1cccc(C(=O)NNC(N)=S)c1. The molecule has 0 spiro atoms. The largest absolute Gasteiger partial charge is 0.375 e. The van der Waals surface area contributed by atoms with Gasteiger partial charge in [-0.3, -0.25) is 15.6 Å². The quantitative estimate of drug-likeness (QED) is 0.465. The monoisotopic (exact) mass is 209 g/mol. The predicted molar refractivity (Wildman–Crippen MR) is 58.6 cm³/mol. The lowest BCUT2D eigenvalue weighted by molar-refractivity contribution is 0.0944. The highest BCUT2D eigenvalue weighted by molar-refractivity contribution is 7.80. The first-order valence-electron chi connectivity index (χ1n) is 4.02. The molecule has 0 aliphatic carbocycles. The van der Waals surface area contributed by atoms with Crippen LogP contribution in [0, 0.1) is 6.92 Å². The summed E-state index contributed by atoms with van der Waals surface area (Å²) in [6, 6.07) is 7.21. The highest BCUT2D eigenvalue weighted by atomic mass is 32.1. The van der Waals surface area contributed by atoms with Crippen molar-refractivity contribution in [2.24, 2.45) is 5.73 Å². The molecule has 74 valence electrons. The van der Waals surface area contributed by atoms with Crippen LogP contribution in [-0.4, -0.2) is 11.0 Å². The van der Waals surface area contributed by atoms with Crippen molar-refractivity contribution < 1.29 is 4.79 Å². The van der Waals surface area contributed by atoms with Crippen molar-refractivity contribution in [2.75, 3.05) is 0 Å². The van der Waals surface area contributed by atoms with Gasteiger partial charge in [0.05, 0.1) is 0 Å². The van der Waals surface area contributed by atoms with Crippen molar-refractivity contribution in [1.29, 1.82) is 0 Å². The van der Waals surface area contributed by atoms with Crippen molar-refractivity contribution in [3.05, 3.63) is 35.4 Å². The normalized spacial score (nSPS) is 9.21. The first kappa shape index (κ1) is 10.5. The van der Waals surface area contributed by atoms with Gasteiger partial charge in [-0.15, -0.1) is 0 Å². The second-order valence-electron chi connectivity index (χ2n) is 2.81. The van der Waals surface area contributed by atoms with E-state index in [4.69, 9.17) is 5.73 Å². The summed E-state index contributed by atoms with van der Waals surface area (Å²) in [6.45, 7) is 1.91. The fourth-order valence-electron chi connectivity index (χ4n) is 0.977. The molecule has 0 aliphatic rings. The van der Waals surface area contributed by atoms with Crippen molar-refractivity contribution in [3.63, 3.8) is 0 Å². The number of nitrogens with two attached hydrogens (primary N) is 1. The van der Waals surface area contributed by atoms with Gasteiger partial charge in [-0.05, 0) is 31.3 Å². The van der Waals surface area contributed by atoms with Crippen molar-refractivity contribution in [3.8, 4) is 0 Å².